The second kappa shape index (κ2) is 7.52. The third-order valence-electron chi connectivity index (χ3n) is 5.00. The smallest absolute Gasteiger partial charge is 0.257 e. The summed E-state index contributed by atoms with van der Waals surface area (Å²) in [6.45, 7) is 3.68. The molecule has 1 saturated heterocycles. The maximum absolute atomic E-state index is 12.5. The monoisotopic (exact) mass is 323 g/mol. The van der Waals surface area contributed by atoms with Gasteiger partial charge in [0, 0.05) is 13.1 Å². The molecule has 0 unspecified atom stereocenters. The van der Waals surface area contributed by atoms with Crippen molar-refractivity contribution in [2.75, 3.05) is 13.1 Å². The number of rotatable bonds is 4. The van der Waals surface area contributed by atoms with E-state index in [-0.39, 0.29) is 11.7 Å². The van der Waals surface area contributed by atoms with Gasteiger partial charge in [-0.15, -0.1) is 0 Å². The number of hydrogen-bond acceptors (Lipinski definition) is 2. The van der Waals surface area contributed by atoms with E-state index in [9.17, 15) is 9.90 Å². The lowest BCUT2D eigenvalue weighted by atomic mass is 9.90. The number of hydrogen-bond donors (Lipinski definition) is 1. The number of aromatic hydroxyl groups is 1. The summed E-state index contributed by atoms with van der Waals surface area (Å²) >= 11 is 0. The summed E-state index contributed by atoms with van der Waals surface area (Å²) in [5.74, 6) is 0.703. The first-order chi connectivity index (χ1) is 11.6. The first-order valence-electron chi connectivity index (χ1n) is 8.76. The fourth-order valence-corrected chi connectivity index (χ4v) is 3.38. The summed E-state index contributed by atoms with van der Waals surface area (Å²) < 4.78 is 0. The number of carbonyl (C=O) groups is 1. The Morgan fingerprint density at radius 1 is 1.08 bits per heavy atom. The molecule has 0 bridgehead atoms. The normalized spacial score (nSPS) is 15.5. The SMILES string of the molecule is Cc1ccc(CCC2CCN(C(=O)c3ccccc3O)CC2)cc1. The number of likely N-dealkylation sites (tertiary alicyclic amines) is 1. The second-order valence-corrected chi connectivity index (χ2v) is 6.78. The molecular weight excluding hydrogens is 298 g/mol. The predicted molar refractivity (Wildman–Crippen MR) is 96.2 cm³/mol. The number of benzene rings is 2. The highest BCUT2D eigenvalue weighted by Gasteiger charge is 2.24. The molecule has 1 N–H and O–H groups in total. The van der Waals surface area contributed by atoms with Crippen LogP contribution in [-0.2, 0) is 6.42 Å². The zero-order valence-electron chi connectivity index (χ0n) is 14.2. The van der Waals surface area contributed by atoms with Crippen molar-refractivity contribution in [1.29, 1.82) is 0 Å². The van der Waals surface area contributed by atoms with E-state index >= 15 is 0 Å². The van der Waals surface area contributed by atoms with Gasteiger partial charge in [0.1, 0.15) is 5.75 Å². The van der Waals surface area contributed by atoms with Crippen LogP contribution < -0.4 is 0 Å². The number of phenolic OH excluding ortho intramolecular Hbond substituents is 1. The van der Waals surface area contributed by atoms with Gasteiger partial charge in [-0.05, 0) is 56.2 Å². The van der Waals surface area contributed by atoms with Gasteiger partial charge in [0.2, 0.25) is 0 Å². The average molecular weight is 323 g/mol. The van der Waals surface area contributed by atoms with Crippen LogP contribution >= 0.6 is 0 Å². The van der Waals surface area contributed by atoms with Gasteiger partial charge >= 0.3 is 0 Å². The van der Waals surface area contributed by atoms with E-state index in [0.717, 1.165) is 32.4 Å². The lowest BCUT2D eigenvalue weighted by Crippen LogP contribution is -2.38. The van der Waals surface area contributed by atoms with Crippen molar-refractivity contribution in [3.63, 3.8) is 0 Å². The Morgan fingerprint density at radius 2 is 1.75 bits per heavy atom. The first kappa shape index (κ1) is 16.6. The Balaban J connectivity index is 1.49. The molecule has 0 atom stereocenters. The van der Waals surface area contributed by atoms with Crippen molar-refractivity contribution in [2.24, 2.45) is 5.92 Å². The maximum atomic E-state index is 12.5. The lowest BCUT2D eigenvalue weighted by molar-refractivity contribution is 0.0684. The van der Waals surface area contributed by atoms with Crippen molar-refractivity contribution < 1.29 is 9.90 Å². The van der Waals surface area contributed by atoms with Gasteiger partial charge in [0.25, 0.3) is 5.91 Å². The summed E-state index contributed by atoms with van der Waals surface area (Å²) in [6.07, 6.45) is 4.39. The quantitative estimate of drug-likeness (QED) is 0.916. The number of carbonyl (C=O) groups excluding carboxylic acids is 1. The molecule has 1 aliphatic rings. The van der Waals surface area contributed by atoms with Gasteiger partial charge in [-0.1, -0.05) is 42.0 Å². The molecule has 2 aromatic carbocycles. The molecule has 1 amide bonds. The molecule has 3 nitrogen and oxygen atoms in total. The van der Waals surface area contributed by atoms with Crippen LogP contribution in [0.4, 0.5) is 0 Å². The Bertz CT molecular complexity index is 685. The third-order valence-corrected chi connectivity index (χ3v) is 5.00. The fraction of sp³-hybridized carbons (Fsp3) is 0.381. The lowest BCUT2D eigenvalue weighted by Gasteiger charge is -2.32. The Kier molecular flexibility index (Phi) is 5.19. The molecular formula is C21H25NO2. The summed E-state index contributed by atoms with van der Waals surface area (Å²) in [5, 5.41) is 9.85. The number of nitrogens with zero attached hydrogens (tertiary/aromatic N) is 1. The van der Waals surface area contributed by atoms with Gasteiger partial charge in [0.15, 0.2) is 0 Å². The van der Waals surface area contributed by atoms with E-state index in [2.05, 4.69) is 31.2 Å². The molecule has 0 aliphatic carbocycles. The van der Waals surface area contributed by atoms with E-state index in [1.807, 2.05) is 4.90 Å². The van der Waals surface area contributed by atoms with Crippen molar-refractivity contribution in [1.82, 2.24) is 4.90 Å². The molecule has 3 heteroatoms. The van der Waals surface area contributed by atoms with Crippen LogP contribution in [0.25, 0.3) is 0 Å². The van der Waals surface area contributed by atoms with Crippen LogP contribution in [0.5, 0.6) is 5.75 Å². The highest BCUT2D eigenvalue weighted by molar-refractivity contribution is 5.96. The molecule has 24 heavy (non-hydrogen) atoms. The van der Waals surface area contributed by atoms with E-state index in [0.29, 0.717) is 11.5 Å². The van der Waals surface area contributed by atoms with Crippen molar-refractivity contribution in [3.8, 4) is 5.75 Å². The Hall–Kier alpha value is -2.29. The minimum absolute atomic E-state index is 0.0508. The molecule has 0 saturated carbocycles. The zero-order chi connectivity index (χ0) is 16.9. The van der Waals surface area contributed by atoms with Crippen LogP contribution in [0.1, 0.15) is 40.7 Å². The fourth-order valence-electron chi connectivity index (χ4n) is 3.38. The predicted octanol–water partition coefficient (Wildman–Crippen LogP) is 4.19. The number of phenols is 1. The number of piperidine rings is 1. The molecule has 1 aliphatic heterocycles. The van der Waals surface area contributed by atoms with E-state index in [1.54, 1.807) is 24.3 Å². The minimum atomic E-state index is -0.0508. The topological polar surface area (TPSA) is 40.5 Å². The van der Waals surface area contributed by atoms with Crippen molar-refractivity contribution in [2.45, 2.75) is 32.6 Å². The first-order valence-corrected chi connectivity index (χ1v) is 8.76. The van der Waals surface area contributed by atoms with E-state index in [4.69, 9.17) is 0 Å². The second-order valence-electron chi connectivity index (χ2n) is 6.78. The molecule has 0 aromatic heterocycles. The molecule has 3 rings (SSSR count). The summed E-state index contributed by atoms with van der Waals surface area (Å²) in [7, 11) is 0. The van der Waals surface area contributed by atoms with Gasteiger partial charge < -0.3 is 10.0 Å². The van der Waals surface area contributed by atoms with Gasteiger partial charge in [-0.3, -0.25) is 4.79 Å². The largest absolute Gasteiger partial charge is 0.507 e. The van der Waals surface area contributed by atoms with Crippen LogP contribution in [0.3, 0.4) is 0 Å². The number of para-hydroxylation sites is 1. The van der Waals surface area contributed by atoms with Gasteiger partial charge in [-0.2, -0.15) is 0 Å². The van der Waals surface area contributed by atoms with Crippen LogP contribution in [0.2, 0.25) is 0 Å². The van der Waals surface area contributed by atoms with Gasteiger partial charge in [-0.25, -0.2) is 0 Å². The maximum Gasteiger partial charge on any atom is 0.257 e. The Labute approximate surface area is 143 Å². The minimum Gasteiger partial charge on any atom is -0.507 e. The zero-order valence-corrected chi connectivity index (χ0v) is 14.2. The highest BCUT2D eigenvalue weighted by Crippen LogP contribution is 2.25. The molecule has 126 valence electrons. The van der Waals surface area contributed by atoms with Crippen molar-refractivity contribution in [3.05, 3.63) is 65.2 Å². The Morgan fingerprint density at radius 3 is 2.42 bits per heavy atom. The standard InChI is InChI=1S/C21H25NO2/c1-16-6-8-17(9-7-16)10-11-18-12-14-22(15-13-18)21(24)19-4-2-3-5-20(19)23/h2-9,18,23H,10-15H2,1H3. The van der Waals surface area contributed by atoms with Crippen LogP contribution in [0, 0.1) is 12.8 Å². The molecule has 1 heterocycles. The molecule has 2 aromatic rings. The van der Waals surface area contributed by atoms with E-state index < -0.39 is 0 Å². The summed E-state index contributed by atoms with van der Waals surface area (Å²) in [4.78, 5) is 14.4. The average Bonchev–Trinajstić information content (AvgIpc) is 2.61. The van der Waals surface area contributed by atoms with Gasteiger partial charge in [0.05, 0.1) is 5.56 Å². The summed E-state index contributed by atoms with van der Waals surface area (Å²) in [6, 6.07) is 15.6. The summed E-state index contributed by atoms with van der Waals surface area (Å²) in [5.41, 5.74) is 3.11. The molecule has 0 spiro atoms. The van der Waals surface area contributed by atoms with Crippen molar-refractivity contribution >= 4 is 5.91 Å². The number of amides is 1. The van der Waals surface area contributed by atoms with E-state index in [1.165, 1.54) is 17.5 Å². The van der Waals surface area contributed by atoms with Crippen LogP contribution in [0.15, 0.2) is 48.5 Å². The highest BCUT2D eigenvalue weighted by atomic mass is 16.3. The molecule has 1 fully saturated rings. The number of aryl methyl sites for hydroxylation is 2. The molecule has 0 radical (unpaired) electrons. The van der Waals surface area contributed by atoms with Crippen LogP contribution in [-0.4, -0.2) is 29.0 Å². The third kappa shape index (κ3) is 3.97.